The first-order valence-electron chi connectivity index (χ1n) is 9.72. The lowest BCUT2D eigenvalue weighted by atomic mass is 9.98. The van der Waals surface area contributed by atoms with Crippen LogP contribution in [0.3, 0.4) is 0 Å². The minimum absolute atomic E-state index is 0.0551. The predicted octanol–water partition coefficient (Wildman–Crippen LogP) is 5.47. The molecule has 1 atom stereocenters. The average molecular weight is 497 g/mol. The van der Waals surface area contributed by atoms with E-state index in [-0.39, 0.29) is 17.1 Å². The number of rotatable bonds is 4. The summed E-state index contributed by atoms with van der Waals surface area (Å²) in [6.07, 6.45) is 0. The third-order valence-corrected chi connectivity index (χ3v) is 6.58. The highest BCUT2D eigenvalue weighted by Gasteiger charge is 2.45. The Balaban J connectivity index is 1.80. The van der Waals surface area contributed by atoms with E-state index in [0.29, 0.717) is 34.0 Å². The number of fused-ring (bicyclic) bond motifs is 2. The summed E-state index contributed by atoms with van der Waals surface area (Å²) in [6.45, 7) is 4.29. The highest BCUT2D eigenvalue weighted by molar-refractivity contribution is 9.10. The molecule has 5 rings (SSSR count). The van der Waals surface area contributed by atoms with Gasteiger partial charge in [-0.15, -0.1) is 11.3 Å². The van der Waals surface area contributed by atoms with Crippen molar-refractivity contribution in [3.8, 4) is 5.75 Å². The van der Waals surface area contributed by atoms with Crippen LogP contribution < -0.4 is 15.1 Å². The van der Waals surface area contributed by atoms with E-state index in [2.05, 4.69) is 20.9 Å². The van der Waals surface area contributed by atoms with E-state index in [1.165, 1.54) is 11.3 Å². The highest BCUT2D eigenvalue weighted by atomic mass is 79.9. The molecule has 0 aliphatic carbocycles. The second kappa shape index (κ2) is 7.62. The smallest absolute Gasteiger partial charge is 0.297 e. The van der Waals surface area contributed by atoms with Crippen LogP contribution >= 0.6 is 27.3 Å². The van der Waals surface area contributed by atoms with Gasteiger partial charge >= 0.3 is 0 Å². The second-order valence-electron chi connectivity index (χ2n) is 7.17. The summed E-state index contributed by atoms with van der Waals surface area (Å²) in [5.41, 5.74) is 2.02. The lowest BCUT2D eigenvalue weighted by Gasteiger charge is -2.23. The van der Waals surface area contributed by atoms with Gasteiger partial charge in [-0.3, -0.25) is 14.5 Å². The maximum Gasteiger partial charge on any atom is 0.297 e. The summed E-state index contributed by atoms with van der Waals surface area (Å²) in [7, 11) is 0. The van der Waals surface area contributed by atoms with Gasteiger partial charge in [-0.1, -0.05) is 28.1 Å². The molecule has 0 fully saturated rings. The van der Waals surface area contributed by atoms with Crippen molar-refractivity contribution >= 4 is 49.3 Å². The summed E-state index contributed by atoms with van der Waals surface area (Å²) >= 11 is 4.77. The van der Waals surface area contributed by atoms with E-state index >= 15 is 0 Å². The molecule has 31 heavy (non-hydrogen) atoms. The minimum Gasteiger partial charge on any atom is -0.494 e. The van der Waals surface area contributed by atoms with Crippen LogP contribution in [0.1, 0.15) is 40.3 Å². The van der Waals surface area contributed by atoms with Crippen LogP contribution in [0.4, 0.5) is 5.13 Å². The zero-order chi connectivity index (χ0) is 21.7. The molecule has 6 nitrogen and oxygen atoms in total. The number of hydrogen-bond acceptors (Lipinski definition) is 6. The van der Waals surface area contributed by atoms with E-state index in [1.54, 1.807) is 23.1 Å². The number of carbonyl (C=O) groups excluding carboxylic acids is 1. The van der Waals surface area contributed by atoms with Gasteiger partial charge < -0.3 is 9.15 Å². The van der Waals surface area contributed by atoms with E-state index < -0.39 is 6.04 Å². The summed E-state index contributed by atoms with van der Waals surface area (Å²) < 4.78 is 12.4. The van der Waals surface area contributed by atoms with Crippen LogP contribution in [0.5, 0.6) is 5.75 Å². The third kappa shape index (κ3) is 3.26. The van der Waals surface area contributed by atoms with E-state index in [4.69, 9.17) is 9.15 Å². The summed E-state index contributed by atoms with van der Waals surface area (Å²) in [4.78, 5) is 33.1. The van der Waals surface area contributed by atoms with Crippen molar-refractivity contribution in [2.24, 2.45) is 0 Å². The molecular formula is C23H17BrN2O4S. The fraction of sp³-hybridized carbons (Fsp3) is 0.174. The Hall–Kier alpha value is -2.97. The number of ether oxygens (including phenoxy) is 1. The topological polar surface area (TPSA) is 72.6 Å². The van der Waals surface area contributed by atoms with E-state index in [1.807, 2.05) is 43.5 Å². The molecule has 1 aliphatic heterocycles. The fourth-order valence-electron chi connectivity index (χ4n) is 3.85. The normalized spacial score (nSPS) is 15.5. The molecule has 0 radical (unpaired) electrons. The number of halogens is 1. The molecule has 8 heteroatoms. The molecule has 3 heterocycles. The molecule has 2 aromatic heterocycles. The Morgan fingerprint density at radius 1 is 1.23 bits per heavy atom. The Morgan fingerprint density at radius 2 is 2.06 bits per heavy atom. The van der Waals surface area contributed by atoms with Crippen molar-refractivity contribution < 1.29 is 13.9 Å². The number of amides is 1. The molecule has 0 spiro atoms. The molecule has 1 aliphatic rings. The minimum atomic E-state index is -0.659. The first-order chi connectivity index (χ1) is 15.0. The largest absolute Gasteiger partial charge is 0.494 e. The third-order valence-electron chi connectivity index (χ3n) is 5.13. The van der Waals surface area contributed by atoms with Crippen molar-refractivity contribution in [2.45, 2.75) is 19.9 Å². The number of aromatic nitrogens is 1. The Bertz CT molecular complexity index is 1390. The van der Waals surface area contributed by atoms with Gasteiger partial charge in [0.05, 0.1) is 29.3 Å². The molecule has 0 saturated heterocycles. The van der Waals surface area contributed by atoms with Gasteiger partial charge in [0.25, 0.3) is 5.91 Å². The standard InChI is InChI=1S/C23H17BrN2O4S/c1-3-29-15-6-4-5-13(9-15)19-18-20(27)16-10-14(24)7-8-17(16)30-21(18)22(28)26(19)23-25-12(2)11-31-23/h4-11,19H,3H2,1-2H3. The number of nitrogens with zero attached hydrogens (tertiary/aromatic N) is 2. The van der Waals surface area contributed by atoms with Gasteiger partial charge in [0.1, 0.15) is 11.3 Å². The van der Waals surface area contributed by atoms with Crippen LogP contribution in [0.15, 0.2) is 61.5 Å². The average Bonchev–Trinajstić information content (AvgIpc) is 3.30. The molecule has 2 aromatic carbocycles. The molecule has 0 bridgehead atoms. The van der Waals surface area contributed by atoms with Gasteiger partial charge in [-0.2, -0.15) is 0 Å². The molecule has 1 amide bonds. The van der Waals surface area contributed by atoms with Crippen LogP contribution in [-0.2, 0) is 0 Å². The van der Waals surface area contributed by atoms with Crippen molar-refractivity contribution in [1.29, 1.82) is 0 Å². The number of aryl methyl sites for hydroxylation is 1. The summed E-state index contributed by atoms with van der Waals surface area (Å²) in [5.74, 6) is 0.349. The Labute approximate surface area is 190 Å². The highest BCUT2D eigenvalue weighted by Crippen LogP contribution is 2.42. The van der Waals surface area contributed by atoms with E-state index in [9.17, 15) is 9.59 Å². The number of thiazole rings is 1. The van der Waals surface area contributed by atoms with Crippen LogP contribution in [0, 0.1) is 6.92 Å². The second-order valence-corrected chi connectivity index (χ2v) is 8.92. The number of anilines is 1. The predicted molar refractivity (Wildman–Crippen MR) is 123 cm³/mol. The molecule has 0 N–H and O–H groups in total. The quantitative estimate of drug-likeness (QED) is 0.374. The molecule has 0 saturated carbocycles. The maximum atomic E-state index is 13.6. The van der Waals surface area contributed by atoms with Crippen molar-refractivity contribution in [2.75, 3.05) is 11.5 Å². The van der Waals surface area contributed by atoms with Crippen molar-refractivity contribution in [3.05, 3.63) is 85.1 Å². The number of hydrogen-bond donors (Lipinski definition) is 0. The van der Waals surface area contributed by atoms with Crippen LogP contribution in [0.2, 0.25) is 0 Å². The first-order valence-corrected chi connectivity index (χ1v) is 11.4. The number of benzene rings is 2. The molecule has 4 aromatic rings. The Morgan fingerprint density at radius 3 is 2.81 bits per heavy atom. The van der Waals surface area contributed by atoms with Gasteiger partial charge in [0.15, 0.2) is 10.6 Å². The van der Waals surface area contributed by atoms with Gasteiger partial charge in [0, 0.05) is 9.85 Å². The van der Waals surface area contributed by atoms with Crippen LogP contribution in [-0.4, -0.2) is 17.5 Å². The lowest BCUT2D eigenvalue weighted by molar-refractivity contribution is 0.0971. The maximum absolute atomic E-state index is 13.6. The molecule has 156 valence electrons. The fourth-order valence-corrected chi connectivity index (χ4v) is 5.04. The molecular weight excluding hydrogens is 480 g/mol. The summed E-state index contributed by atoms with van der Waals surface area (Å²) in [5, 5.41) is 2.82. The van der Waals surface area contributed by atoms with Crippen molar-refractivity contribution in [1.82, 2.24) is 4.98 Å². The van der Waals surface area contributed by atoms with Gasteiger partial charge in [-0.25, -0.2) is 4.98 Å². The lowest BCUT2D eigenvalue weighted by Crippen LogP contribution is -2.29. The monoisotopic (exact) mass is 496 g/mol. The van der Waals surface area contributed by atoms with Crippen molar-refractivity contribution in [3.63, 3.8) is 0 Å². The first kappa shape index (κ1) is 20.0. The van der Waals surface area contributed by atoms with Gasteiger partial charge in [0.2, 0.25) is 5.76 Å². The van der Waals surface area contributed by atoms with E-state index in [0.717, 1.165) is 15.7 Å². The van der Waals surface area contributed by atoms with Crippen LogP contribution in [0.25, 0.3) is 11.0 Å². The number of carbonyl (C=O) groups is 1. The zero-order valence-corrected chi connectivity index (χ0v) is 19.1. The SMILES string of the molecule is CCOc1cccc(C2c3c(oc4ccc(Br)cc4c3=O)C(=O)N2c2nc(C)cs2)c1. The van der Waals surface area contributed by atoms with Gasteiger partial charge in [-0.05, 0) is 49.7 Å². The zero-order valence-electron chi connectivity index (χ0n) is 16.7. The Kier molecular flexibility index (Phi) is 4.91. The summed E-state index contributed by atoms with van der Waals surface area (Å²) in [6, 6.07) is 12.0. The molecule has 1 unspecified atom stereocenters.